The SMILES string of the molecule is COc1ccc(-c2nc3ccc(O)cc3[nH]2)cc1N. The first-order valence-corrected chi connectivity index (χ1v) is 5.80. The van der Waals surface area contributed by atoms with E-state index in [0.717, 1.165) is 16.6 Å². The van der Waals surface area contributed by atoms with Crippen molar-refractivity contribution in [3.05, 3.63) is 36.4 Å². The first kappa shape index (κ1) is 11.4. The number of nitrogen functional groups attached to an aromatic ring is 1. The number of rotatable bonds is 2. The average Bonchev–Trinajstić information content (AvgIpc) is 2.81. The highest BCUT2D eigenvalue weighted by molar-refractivity contribution is 5.81. The maximum absolute atomic E-state index is 9.44. The number of nitrogens with zero attached hydrogens (tertiary/aromatic N) is 1. The highest BCUT2D eigenvalue weighted by Gasteiger charge is 2.08. The molecule has 19 heavy (non-hydrogen) atoms. The molecule has 1 aromatic heterocycles. The second kappa shape index (κ2) is 4.20. The Morgan fingerprint density at radius 1 is 1.21 bits per heavy atom. The fraction of sp³-hybridized carbons (Fsp3) is 0.0714. The average molecular weight is 255 g/mol. The summed E-state index contributed by atoms with van der Waals surface area (Å²) in [5.74, 6) is 1.55. The molecule has 0 fully saturated rings. The van der Waals surface area contributed by atoms with Crippen molar-refractivity contribution >= 4 is 16.7 Å². The number of imidazole rings is 1. The minimum Gasteiger partial charge on any atom is -0.508 e. The van der Waals surface area contributed by atoms with Gasteiger partial charge in [0.2, 0.25) is 0 Å². The zero-order chi connectivity index (χ0) is 13.4. The zero-order valence-corrected chi connectivity index (χ0v) is 10.3. The van der Waals surface area contributed by atoms with Gasteiger partial charge in [-0.25, -0.2) is 4.98 Å². The van der Waals surface area contributed by atoms with Crippen molar-refractivity contribution in [1.82, 2.24) is 9.97 Å². The number of nitrogens with two attached hydrogens (primary N) is 1. The third kappa shape index (κ3) is 1.95. The second-order valence-corrected chi connectivity index (χ2v) is 4.24. The molecule has 0 unspecified atom stereocenters. The van der Waals surface area contributed by atoms with E-state index < -0.39 is 0 Å². The molecule has 0 atom stereocenters. The van der Waals surface area contributed by atoms with Gasteiger partial charge in [-0.1, -0.05) is 0 Å². The number of phenolic OH excluding ortho intramolecular Hbond substituents is 1. The first-order chi connectivity index (χ1) is 9.17. The van der Waals surface area contributed by atoms with Crippen molar-refractivity contribution in [3.8, 4) is 22.9 Å². The van der Waals surface area contributed by atoms with Crippen LogP contribution in [0.25, 0.3) is 22.4 Å². The Balaban J connectivity index is 2.11. The molecule has 0 amide bonds. The third-order valence-corrected chi connectivity index (χ3v) is 2.97. The van der Waals surface area contributed by atoms with E-state index in [2.05, 4.69) is 9.97 Å². The van der Waals surface area contributed by atoms with Crippen LogP contribution in [0, 0.1) is 0 Å². The molecule has 0 aliphatic rings. The van der Waals surface area contributed by atoms with Crippen LogP contribution < -0.4 is 10.5 Å². The molecule has 1 heterocycles. The molecule has 5 heteroatoms. The van der Waals surface area contributed by atoms with E-state index >= 15 is 0 Å². The third-order valence-electron chi connectivity index (χ3n) is 2.97. The van der Waals surface area contributed by atoms with Crippen LogP contribution in [0.2, 0.25) is 0 Å². The molecule has 3 rings (SSSR count). The van der Waals surface area contributed by atoms with Crippen molar-refractivity contribution in [2.45, 2.75) is 0 Å². The Morgan fingerprint density at radius 3 is 2.79 bits per heavy atom. The minimum atomic E-state index is 0.206. The van der Waals surface area contributed by atoms with Crippen molar-refractivity contribution in [3.63, 3.8) is 0 Å². The monoisotopic (exact) mass is 255 g/mol. The van der Waals surface area contributed by atoms with Gasteiger partial charge in [0.15, 0.2) is 0 Å². The number of benzene rings is 2. The molecule has 0 bridgehead atoms. The summed E-state index contributed by atoms with van der Waals surface area (Å²) in [6.07, 6.45) is 0. The summed E-state index contributed by atoms with van der Waals surface area (Å²) in [6.45, 7) is 0. The summed E-state index contributed by atoms with van der Waals surface area (Å²) in [7, 11) is 1.58. The van der Waals surface area contributed by atoms with E-state index in [1.807, 2.05) is 6.07 Å². The second-order valence-electron chi connectivity index (χ2n) is 4.24. The van der Waals surface area contributed by atoms with Crippen LogP contribution in [0.15, 0.2) is 36.4 Å². The molecule has 0 saturated heterocycles. The van der Waals surface area contributed by atoms with Crippen molar-refractivity contribution < 1.29 is 9.84 Å². The van der Waals surface area contributed by atoms with Crippen molar-refractivity contribution in [1.29, 1.82) is 0 Å². The van der Waals surface area contributed by atoms with Gasteiger partial charge in [-0.15, -0.1) is 0 Å². The van der Waals surface area contributed by atoms with E-state index in [0.29, 0.717) is 17.3 Å². The van der Waals surface area contributed by atoms with Crippen molar-refractivity contribution in [2.75, 3.05) is 12.8 Å². The zero-order valence-electron chi connectivity index (χ0n) is 10.3. The maximum Gasteiger partial charge on any atom is 0.141 e. The predicted molar refractivity (Wildman–Crippen MR) is 74.2 cm³/mol. The summed E-state index contributed by atoms with van der Waals surface area (Å²) < 4.78 is 5.12. The molecule has 5 nitrogen and oxygen atoms in total. The van der Waals surface area contributed by atoms with Crippen LogP contribution in [0.5, 0.6) is 11.5 Å². The van der Waals surface area contributed by atoms with Gasteiger partial charge in [-0.2, -0.15) is 0 Å². The number of hydrogen-bond donors (Lipinski definition) is 3. The van der Waals surface area contributed by atoms with Crippen molar-refractivity contribution in [2.24, 2.45) is 0 Å². The van der Waals surface area contributed by atoms with Crippen LogP contribution in [-0.4, -0.2) is 22.2 Å². The maximum atomic E-state index is 9.44. The number of aromatic hydroxyl groups is 1. The molecule has 4 N–H and O–H groups in total. The Hall–Kier alpha value is -2.69. The standard InChI is InChI=1S/C14H13N3O2/c1-19-13-5-2-8(6-10(13)15)14-16-11-4-3-9(18)7-12(11)17-14/h2-7,18H,15H2,1H3,(H,16,17). The van der Waals surface area contributed by atoms with Crippen LogP contribution in [0.4, 0.5) is 5.69 Å². The molecule has 2 aromatic carbocycles. The number of anilines is 1. The Bertz CT molecular complexity index is 750. The largest absolute Gasteiger partial charge is 0.508 e. The van der Waals surface area contributed by atoms with Crippen LogP contribution in [-0.2, 0) is 0 Å². The Kier molecular flexibility index (Phi) is 2.52. The molecule has 0 aliphatic carbocycles. The normalized spacial score (nSPS) is 10.8. The summed E-state index contributed by atoms with van der Waals surface area (Å²) in [6, 6.07) is 10.5. The fourth-order valence-electron chi connectivity index (χ4n) is 2.02. The van der Waals surface area contributed by atoms with Crippen LogP contribution in [0.1, 0.15) is 0 Å². The van der Waals surface area contributed by atoms with Crippen LogP contribution in [0.3, 0.4) is 0 Å². The van der Waals surface area contributed by atoms with Gasteiger partial charge in [0.25, 0.3) is 0 Å². The lowest BCUT2D eigenvalue weighted by atomic mass is 10.2. The number of hydrogen-bond acceptors (Lipinski definition) is 4. The van der Waals surface area contributed by atoms with E-state index in [9.17, 15) is 5.11 Å². The summed E-state index contributed by atoms with van der Waals surface area (Å²) in [5, 5.41) is 9.44. The first-order valence-electron chi connectivity index (χ1n) is 5.80. The fourth-order valence-corrected chi connectivity index (χ4v) is 2.02. The molecule has 0 spiro atoms. The quantitative estimate of drug-likeness (QED) is 0.614. The highest BCUT2D eigenvalue weighted by atomic mass is 16.5. The lowest BCUT2D eigenvalue weighted by molar-refractivity contribution is 0.417. The molecular formula is C14H13N3O2. The van der Waals surface area contributed by atoms with Gasteiger partial charge in [0, 0.05) is 11.6 Å². The number of phenols is 1. The van der Waals surface area contributed by atoms with E-state index in [1.165, 1.54) is 0 Å². The number of H-pyrrole nitrogens is 1. The Labute approximate surface area is 109 Å². The number of nitrogens with one attached hydrogen (secondary N) is 1. The van der Waals surface area contributed by atoms with E-state index in [4.69, 9.17) is 10.5 Å². The topological polar surface area (TPSA) is 84.2 Å². The molecule has 0 radical (unpaired) electrons. The summed E-state index contributed by atoms with van der Waals surface area (Å²) in [5.41, 5.74) is 8.88. The van der Waals surface area contributed by atoms with Gasteiger partial charge in [-0.3, -0.25) is 0 Å². The molecule has 96 valence electrons. The van der Waals surface area contributed by atoms with Gasteiger partial charge in [0.05, 0.1) is 23.8 Å². The Morgan fingerprint density at radius 2 is 2.05 bits per heavy atom. The van der Waals surface area contributed by atoms with E-state index in [1.54, 1.807) is 37.4 Å². The minimum absolute atomic E-state index is 0.206. The number of methoxy groups -OCH3 is 1. The molecular weight excluding hydrogens is 242 g/mol. The summed E-state index contributed by atoms with van der Waals surface area (Å²) in [4.78, 5) is 7.61. The smallest absolute Gasteiger partial charge is 0.141 e. The number of fused-ring (bicyclic) bond motifs is 1. The van der Waals surface area contributed by atoms with Gasteiger partial charge in [-0.05, 0) is 30.3 Å². The molecule has 0 aliphatic heterocycles. The van der Waals surface area contributed by atoms with Gasteiger partial charge in [0.1, 0.15) is 17.3 Å². The van der Waals surface area contributed by atoms with E-state index in [-0.39, 0.29) is 5.75 Å². The molecule has 3 aromatic rings. The van der Waals surface area contributed by atoms with Gasteiger partial charge >= 0.3 is 0 Å². The lowest BCUT2D eigenvalue weighted by Gasteiger charge is -2.05. The highest BCUT2D eigenvalue weighted by Crippen LogP contribution is 2.28. The lowest BCUT2D eigenvalue weighted by Crippen LogP contribution is -1.92. The van der Waals surface area contributed by atoms with Gasteiger partial charge < -0.3 is 20.6 Å². The number of ether oxygens (including phenoxy) is 1. The predicted octanol–water partition coefficient (Wildman–Crippen LogP) is 2.53. The number of aromatic amines is 1. The number of aromatic nitrogens is 2. The van der Waals surface area contributed by atoms with Crippen LogP contribution >= 0.6 is 0 Å². The molecule has 0 saturated carbocycles. The summed E-state index contributed by atoms with van der Waals surface area (Å²) >= 11 is 0.